The molecule has 0 unspecified atom stereocenters. The Hall–Kier alpha value is 0.260. The second kappa shape index (κ2) is 23.4. The van der Waals surface area contributed by atoms with Crippen LogP contribution in [0.3, 0.4) is 0 Å². The minimum Gasteiger partial charge on any atom is -0.131 e. The number of unbranched alkanes of at least 4 members (excludes halogenated alkanes) is 18. The van der Waals surface area contributed by atoms with E-state index in [-0.39, 0.29) is 0 Å². The van der Waals surface area contributed by atoms with Crippen LogP contribution in [0.25, 0.3) is 0 Å². The molecule has 1 aromatic heterocycles. The predicted molar refractivity (Wildman–Crippen MR) is 145 cm³/mol. The van der Waals surface area contributed by atoms with Crippen molar-refractivity contribution in [1.82, 2.24) is 10.2 Å². The molecule has 2 nitrogen and oxygen atoms in total. The highest BCUT2D eigenvalue weighted by Crippen LogP contribution is 2.30. The van der Waals surface area contributed by atoms with Crippen molar-refractivity contribution < 1.29 is 0 Å². The van der Waals surface area contributed by atoms with Gasteiger partial charge in [-0.3, -0.25) is 0 Å². The van der Waals surface area contributed by atoms with E-state index in [4.69, 9.17) is 0 Å². The van der Waals surface area contributed by atoms with Crippen molar-refractivity contribution in [2.45, 2.75) is 151 Å². The molecule has 0 saturated heterocycles. The van der Waals surface area contributed by atoms with E-state index in [0.29, 0.717) is 0 Å². The van der Waals surface area contributed by atoms with E-state index in [2.05, 4.69) is 24.0 Å². The zero-order valence-corrected chi connectivity index (χ0v) is 23.1. The fourth-order valence-corrected chi connectivity index (χ4v) is 6.97. The number of rotatable bonds is 24. The van der Waals surface area contributed by atoms with Gasteiger partial charge in [0.15, 0.2) is 8.68 Å². The van der Waals surface area contributed by atoms with Crippen LogP contribution < -0.4 is 0 Å². The summed E-state index contributed by atoms with van der Waals surface area (Å²) in [5.41, 5.74) is 0. The summed E-state index contributed by atoms with van der Waals surface area (Å²) in [5, 5.41) is 8.76. The maximum Gasteiger partial charge on any atom is 0.175 e. The third-order valence-electron chi connectivity index (χ3n) is 5.83. The quantitative estimate of drug-likeness (QED) is 0.107. The molecule has 182 valence electrons. The normalized spacial score (nSPS) is 11.4. The number of thioether (sulfide) groups is 2. The Balaban J connectivity index is 1.86. The number of hydrogen-bond acceptors (Lipinski definition) is 5. The topological polar surface area (TPSA) is 25.8 Å². The molecule has 0 aliphatic heterocycles. The van der Waals surface area contributed by atoms with Crippen LogP contribution in [0.1, 0.15) is 142 Å². The molecule has 0 atom stereocenters. The van der Waals surface area contributed by atoms with E-state index in [9.17, 15) is 0 Å². The summed E-state index contributed by atoms with van der Waals surface area (Å²) in [4.78, 5) is 0. The van der Waals surface area contributed by atoms with Gasteiger partial charge in [-0.2, -0.15) is 0 Å². The summed E-state index contributed by atoms with van der Waals surface area (Å²) in [5.74, 6) is 2.41. The van der Waals surface area contributed by atoms with Gasteiger partial charge in [0, 0.05) is 11.5 Å². The van der Waals surface area contributed by atoms with E-state index >= 15 is 0 Å². The molecule has 5 heteroatoms. The first-order valence-corrected chi connectivity index (χ1v) is 16.2. The summed E-state index contributed by atoms with van der Waals surface area (Å²) in [7, 11) is 0. The van der Waals surface area contributed by atoms with Crippen molar-refractivity contribution in [1.29, 1.82) is 0 Å². The van der Waals surface area contributed by atoms with Gasteiger partial charge in [0.2, 0.25) is 0 Å². The number of aromatic nitrogens is 2. The van der Waals surface area contributed by atoms with E-state index in [0.717, 1.165) is 0 Å². The fraction of sp³-hybridized carbons (Fsp3) is 0.923. The van der Waals surface area contributed by atoms with Gasteiger partial charge in [-0.1, -0.05) is 164 Å². The first-order valence-electron chi connectivity index (χ1n) is 13.5. The molecule has 0 aliphatic rings. The molecule has 0 aromatic carbocycles. The van der Waals surface area contributed by atoms with Gasteiger partial charge < -0.3 is 0 Å². The lowest BCUT2D eigenvalue weighted by molar-refractivity contribution is 0.563. The van der Waals surface area contributed by atoms with Crippen LogP contribution >= 0.6 is 34.9 Å². The molecule has 0 bridgehead atoms. The van der Waals surface area contributed by atoms with Crippen molar-refractivity contribution >= 4 is 34.9 Å². The molecule has 0 amide bonds. The van der Waals surface area contributed by atoms with Crippen LogP contribution in [0, 0.1) is 0 Å². The largest absolute Gasteiger partial charge is 0.175 e. The number of nitrogens with zero attached hydrogens (tertiary/aromatic N) is 2. The fourth-order valence-electron chi connectivity index (χ4n) is 3.81. The van der Waals surface area contributed by atoms with Crippen molar-refractivity contribution in [2.75, 3.05) is 11.5 Å². The first-order chi connectivity index (χ1) is 15.4. The maximum atomic E-state index is 4.38. The van der Waals surface area contributed by atoms with Crippen LogP contribution in [-0.2, 0) is 0 Å². The van der Waals surface area contributed by atoms with Crippen LogP contribution in [0.4, 0.5) is 0 Å². The van der Waals surface area contributed by atoms with Gasteiger partial charge in [-0.05, 0) is 12.8 Å². The second-order valence-corrected chi connectivity index (χ2v) is 12.6. The van der Waals surface area contributed by atoms with Crippen LogP contribution in [0.15, 0.2) is 8.68 Å². The van der Waals surface area contributed by atoms with Crippen molar-refractivity contribution in [3.05, 3.63) is 0 Å². The van der Waals surface area contributed by atoms with E-state index in [1.54, 1.807) is 11.3 Å². The van der Waals surface area contributed by atoms with Gasteiger partial charge in [-0.15, -0.1) is 10.2 Å². The Bertz CT molecular complexity index is 438. The lowest BCUT2D eigenvalue weighted by Crippen LogP contribution is -1.84. The van der Waals surface area contributed by atoms with Gasteiger partial charge in [0.1, 0.15) is 0 Å². The molecular weight excluding hydrogens is 437 g/mol. The van der Waals surface area contributed by atoms with Gasteiger partial charge in [0.05, 0.1) is 0 Å². The predicted octanol–water partition coefficient (Wildman–Crippen LogP) is 10.6. The monoisotopic (exact) mass is 486 g/mol. The van der Waals surface area contributed by atoms with E-state index < -0.39 is 0 Å². The summed E-state index contributed by atoms with van der Waals surface area (Å²) in [6.07, 6.45) is 28.1. The highest BCUT2D eigenvalue weighted by Gasteiger charge is 2.05. The lowest BCUT2D eigenvalue weighted by Gasteiger charge is -2.02. The zero-order chi connectivity index (χ0) is 22.2. The zero-order valence-electron chi connectivity index (χ0n) is 20.7. The van der Waals surface area contributed by atoms with Crippen molar-refractivity contribution in [3.8, 4) is 0 Å². The standard InChI is InChI=1S/C26H50N2S3/c1-3-5-7-9-11-13-15-17-19-21-23-29-25-27-28-26(31-25)30-24-22-20-18-16-14-12-10-8-6-4-2/h3-24H2,1-2H3. The molecule has 1 aromatic rings. The molecule has 0 saturated carbocycles. The van der Waals surface area contributed by atoms with Gasteiger partial charge >= 0.3 is 0 Å². The highest BCUT2D eigenvalue weighted by atomic mass is 32.2. The molecule has 0 aliphatic carbocycles. The third kappa shape index (κ3) is 19.4. The van der Waals surface area contributed by atoms with E-state index in [1.807, 2.05) is 23.5 Å². The van der Waals surface area contributed by atoms with Crippen LogP contribution in [0.5, 0.6) is 0 Å². The highest BCUT2D eigenvalue weighted by molar-refractivity contribution is 8.03. The van der Waals surface area contributed by atoms with Crippen molar-refractivity contribution in [2.24, 2.45) is 0 Å². The lowest BCUT2D eigenvalue weighted by atomic mass is 10.1. The third-order valence-corrected chi connectivity index (χ3v) is 9.20. The van der Waals surface area contributed by atoms with Crippen molar-refractivity contribution in [3.63, 3.8) is 0 Å². The summed E-state index contributed by atoms with van der Waals surface area (Å²) in [6, 6.07) is 0. The van der Waals surface area contributed by atoms with Gasteiger partial charge in [-0.25, -0.2) is 0 Å². The maximum absolute atomic E-state index is 4.38. The smallest absolute Gasteiger partial charge is 0.131 e. The second-order valence-electron chi connectivity index (χ2n) is 8.89. The molecule has 0 fully saturated rings. The number of hydrogen-bond donors (Lipinski definition) is 0. The van der Waals surface area contributed by atoms with E-state index in [1.165, 1.54) is 149 Å². The molecule has 1 heterocycles. The average Bonchev–Trinajstić information content (AvgIpc) is 3.23. The minimum atomic E-state index is 1.17. The molecule has 0 spiro atoms. The Morgan fingerprint density at radius 3 is 1.06 bits per heavy atom. The van der Waals surface area contributed by atoms with Gasteiger partial charge in [0.25, 0.3) is 0 Å². The Morgan fingerprint density at radius 1 is 0.452 bits per heavy atom. The Kier molecular flexibility index (Phi) is 22.1. The first kappa shape index (κ1) is 29.3. The summed E-state index contributed by atoms with van der Waals surface area (Å²) in [6.45, 7) is 4.58. The molecule has 1 rings (SSSR count). The molecule has 31 heavy (non-hydrogen) atoms. The Morgan fingerprint density at radius 2 is 0.742 bits per heavy atom. The summed E-state index contributed by atoms with van der Waals surface area (Å²) >= 11 is 5.62. The molecule has 0 radical (unpaired) electrons. The SMILES string of the molecule is CCCCCCCCCCCCSc1nnc(SCCCCCCCCCCCC)s1. The average molecular weight is 487 g/mol. The van der Waals surface area contributed by atoms with Crippen LogP contribution in [-0.4, -0.2) is 21.7 Å². The molecular formula is C26H50N2S3. The molecule has 0 N–H and O–H groups in total. The summed E-state index contributed by atoms with van der Waals surface area (Å²) < 4.78 is 2.34. The minimum absolute atomic E-state index is 1.17. The Labute approximate surface area is 206 Å². The van der Waals surface area contributed by atoms with Crippen LogP contribution in [0.2, 0.25) is 0 Å².